The zero-order valence-electron chi connectivity index (χ0n) is 15.3. The van der Waals surface area contributed by atoms with Crippen LogP contribution in [0.25, 0.3) is 0 Å². The van der Waals surface area contributed by atoms with Crippen LogP contribution in [-0.4, -0.2) is 22.4 Å². The van der Waals surface area contributed by atoms with Crippen LogP contribution < -0.4 is 0 Å². The van der Waals surface area contributed by atoms with Crippen molar-refractivity contribution in [3.8, 4) is 0 Å². The third kappa shape index (κ3) is 2.27. The van der Waals surface area contributed by atoms with Gasteiger partial charge in [-0.1, -0.05) is 13.8 Å². The van der Waals surface area contributed by atoms with Crippen molar-refractivity contribution in [1.29, 1.82) is 0 Å². The lowest BCUT2D eigenvalue weighted by Crippen LogP contribution is -2.54. The van der Waals surface area contributed by atoms with Crippen LogP contribution in [0.2, 0.25) is 0 Å². The van der Waals surface area contributed by atoms with Crippen LogP contribution in [0.5, 0.6) is 0 Å². The molecule has 0 amide bonds. The third-order valence-electron chi connectivity index (χ3n) is 9.29. The third-order valence-corrected chi connectivity index (χ3v) is 9.29. The van der Waals surface area contributed by atoms with E-state index in [-0.39, 0.29) is 12.2 Å². The lowest BCUT2D eigenvalue weighted by Gasteiger charge is -2.61. The Morgan fingerprint density at radius 1 is 0.870 bits per heavy atom. The van der Waals surface area contributed by atoms with E-state index in [1.807, 2.05) is 6.92 Å². The van der Waals surface area contributed by atoms with Crippen molar-refractivity contribution in [1.82, 2.24) is 0 Å². The minimum absolute atomic E-state index is 0.0374. The van der Waals surface area contributed by atoms with E-state index in [1.165, 1.54) is 44.9 Å². The van der Waals surface area contributed by atoms with E-state index in [2.05, 4.69) is 13.8 Å². The van der Waals surface area contributed by atoms with Crippen molar-refractivity contribution in [2.45, 2.75) is 90.8 Å². The number of rotatable bonds is 1. The standard InChI is InChI=1S/C21H36O2/c1-13(22)17-6-7-18-16-5-4-14-12-15(23)8-10-20(14,2)19(16)9-11-21(17,18)3/h13-19,22-23H,4-12H2,1-3H3/t13-,14-,15-,16-,17+,18+,19+,20+,21-/m1/s1. The molecule has 4 aliphatic rings. The summed E-state index contributed by atoms with van der Waals surface area (Å²) >= 11 is 0. The first-order valence-corrected chi connectivity index (χ1v) is 10.2. The highest BCUT2D eigenvalue weighted by Gasteiger charge is 2.60. The van der Waals surface area contributed by atoms with E-state index >= 15 is 0 Å². The van der Waals surface area contributed by atoms with Crippen molar-refractivity contribution >= 4 is 0 Å². The fourth-order valence-corrected chi connectivity index (χ4v) is 8.07. The van der Waals surface area contributed by atoms with E-state index in [4.69, 9.17) is 0 Å². The van der Waals surface area contributed by atoms with Gasteiger partial charge < -0.3 is 10.2 Å². The molecule has 4 saturated carbocycles. The van der Waals surface area contributed by atoms with Crippen LogP contribution >= 0.6 is 0 Å². The average molecular weight is 321 g/mol. The maximum absolute atomic E-state index is 10.3. The average Bonchev–Trinajstić information content (AvgIpc) is 2.85. The van der Waals surface area contributed by atoms with Crippen LogP contribution in [0.15, 0.2) is 0 Å². The molecule has 23 heavy (non-hydrogen) atoms. The molecule has 0 aliphatic heterocycles. The molecule has 2 N–H and O–H groups in total. The second-order valence-corrected chi connectivity index (χ2v) is 10.1. The summed E-state index contributed by atoms with van der Waals surface area (Å²) in [6.07, 6.45) is 11.1. The molecule has 4 aliphatic carbocycles. The van der Waals surface area contributed by atoms with E-state index in [0.717, 1.165) is 36.5 Å². The molecular weight excluding hydrogens is 284 g/mol. The fraction of sp³-hybridized carbons (Fsp3) is 1.00. The lowest BCUT2D eigenvalue weighted by molar-refractivity contribution is -0.132. The molecule has 4 fully saturated rings. The van der Waals surface area contributed by atoms with Gasteiger partial charge in [0.1, 0.15) is 0 Å². The van der Waals surface area contributed by atoms with Gasteiger partial charge in [0.05, 0.1) is 12.2 Å². The van der Waals surface area contributed by atoms with Gasteiger partial charge in [0.25, 0.3) is 0 Å². The largest absolute Gasteiger partial charge is 0.393 e. The number of aliphatic hydroxyl groups is 2. The Morgan fingerprint density at radius 2 is 1.57 bits per heavy atom. The van der Waals surface area contributed by atoms with Crippen molar-refractivity contribution in [3.05, 3.63) is 0 Å². The van der Waals surface area contributed by atoms with E-state index in [9.17, 15) is 10.2 Å². The van der Waals surface area contributed by atoms with Crippen LogP contribution in [0.3, 0.4) is 0 Å². The van der Waals surface area contributed by atoms with Crippen molar-refractivity contribution < 1.29 is 10.2 Å². The molecule has 2 nitrogen and oxygen atoms in total. The van der Waals surface area contributed by atoms with Gasteiger partial charge in [-0.05, 0) is 105 Å². The Labute approximate surface area is 142 Å². The topological polar surface area (TPSA) is 40.5 Å². The van der Waals surface area contributed by atoms with Crippen molar-refractivity contribution in [2.75, 3.05) is 0 Å². The number of hydrogen-bond acceptors (Lipinski definition) is 2. The first-order valence-electron chi connectivity index (χ1n) is 10.2. The second kappa shape index (κ2) is 5.46. The van der Waals surface area contributed by atoms with Crippen molar-refractivity contribution in [3.63, 3.8) is 0 Å². The zero-order valence-corrected chi connectivity index (χ0v) is 15.3. The molecule has 0 radical (unpaired) electrons. The van der Waals surface area contributed by atoms with Crippen LogP contribution in [-0.2, 0) is 0 Å². The lowest BCUT2D eigenvalue weighted by atomic mass is 9.44. The van der Waals surface area contributed by atoms with Gasteiger partial charge in [-0.15, -0.1) is 0 Å². The Bertz CT molecular complexity index is 461. The Kier molecular flexibility index (Phi) is 3.89. The van der Waals surface area contributed by atoms with Crippen LogP contribution in [0, 0.1) is 40.4 Å². The summed E-state index contributed by atoms with van der Waals surface area (Å²) in [7, 11) is 0. The number of fused-ring (bicyclic) bond motifs is 5. The predicted octanol–water partition coefficient (Wildman–Crippen LogP) is 4.39. The second-order valence-electron chi connectivity index (χ2n) is 10.1. The molecule has 4 rings (SSSR count). The maximum atomic E-state index is 10.3. The monoisotopic (exact) mass is 320 g/mol. The smallest absolute Gasteiger partial charge is 0.0545 e. The molecule has 2 heteroatoms. The molecule has 0 aromatic rings. The minimum Gasteiger partial charge on any atom is -0.393 e. The Balaban J connectivity index is 1.60. The van der Waals surface area contributed by atoms with Gasteiger partial charge in [0, 0.05) is 0 Å². The van der Waals surface area contributed by atoms with Crippen molar-refractivity contribution in [2.24, 2.45) is 40.4 Å². The first-order chi connectivity index (χ1) is 10.9. The molecule has 9 atom stereocenters. The SMILES string of the molecule is C[C@@H](O)[C@@H]1CC[C@H]2[C@H]3CC[C@@H]4C[C@H](O)CC[C@]4(C)[C@H]3CC[C@@]21C. The van der Waals surface area contributed by atoms with Crippen LogP contribution in [0.1, 0.15) is 78.6 Å². The highest BCUT2D eigenvalue weighted by molar-refractivity contribution is 5.09. The summed E-state index contributed by atoms with van der Waals surface area (Å²) in [5.74, 6) is 3.87. The Morgan fingerprint density at radius 3 is 2.30 bits per heavy atom. The molecule has 0 heterocycles. The van der Waals surface area contributed by atoms with Crippen LogP contribution in [0.4, 0.5) is 0 Å². The van der Waals surface area contributed by atoms with E-state index in [1.54, 1.807) is 0 Å². The summed E-state index contributed by atoms with van der Waals surface area (Å²) in [6.45, 7) is 7.08. The summed E-state index contributed by atoms with van der Waals surface area (Å²) < 4.78 is 0. The number of aliphatic hydroxyl groups excluding tert-OH is 2. The van der Waals surface area contributed by atoms with Gasteiger partial charge in [-0.25, -0.2) is 0 Å². The number of hydrogen-bond donors (Lipinski definition) is 2. The normalized spacial score (nSPS) is 57.3. The molecule has 0 saturated heterocycles. The fourth-order valence-electron chi connectivity index (χ4n) is 8.07. The summed E-state index contributed by atoms with van der Waals surface area (Å²) in [6, 6.07) is 0. The van der Waals surface area contributed by atoms with E-state index in [0.29, 0.717) is 16.7 Å². The molecule has 0 aromatic heterocycles. The molecule has 0 bridgehead atoms. The molecular formula is C21H36O2. The molecule has 0 spiro atoms. The highest BCUT2D eigenvalue weighted by atomic mass is 16.3. The molecule has 0 unspecified atom stereocenters. The van der Waals surface area contributed by atoms with E-state index < -0.39 is 0 Å². The Hall–Kier alpha value is -0.0800. The summed E-state index contributed by atoms with van der Waals surface area (Å²) in [5.41, 5.74) is 0.860. The van der Waals surface area contributed by atoms with Gasteiger partial charge >= 0.3 is 0 Å². The maximum Gasteiger partial charge on any atom is 0.0545 e. The zero-order chi connectivity index (χ0) is 16.4. The van der Waals surface area contributed by atoms with Gasteiger partial charge in [0.15, 0.2) is 0 Å². The highest BCUT2D eigenvalue weighted by Crippen LogP contribution is 2.67. The van der Waals surface area contributed by atoms with Gasteiger partial charge in [-0.2, -0.15) is 0 Å². The quantitative estimate of drug-likeness (QED) is 0.752. The summed E-state index contributed by atoms with van der Waals surface area (Å²) in [4.78, 5) is 0. The molecule has 132 valence electrons. The molecule has 0 aromatic carbocycles. The summed E-state index contributed by atoms with van der Waals surface area (Å²) in [5, 5.41) is 20.4. The first kappa shape index (κ1) is 16.4. The minimum atomic E-state index is -0.140. The van der Waals surface area contributed by atoms with Gasteiger partial charge in [0.2, 0.25) is 0 Å². The predicted molar refractivity (Wildman–Crippen MR) is 92.9 cm³/mol. The van der Waals surface area contributed by atoms with Gasteiger partial charge in [-0.3, -0.25) is 0 Å².